The van der Waals surface area contributed by atoms with Crippen LogP contribution in [0.4, 0.5) is 5.69 Å². The smallest absolute Gasteiger partial charge is 0.235 e. The van der Waals surface area contributed by atoms with Gasteiger partial charge in [-0.05, 0) is 42.7 Å². The lowest BCUT2D eigenvalue weighted by Crippen LogP contribution is -2.44. The highest BCUT2D eigenvalue weighted by Crippen LogP contribution is 2.36. The Morgan fingerprint density at radius 3 is 2.35 bits per heavy atom. The van der Waals surface area contributed by atoms with Crippen molar-refractivity contribution in [1.82, 2.24) is 0 Å². The average molecular weight is 369 g/mol. The van der Waals surface area contributed by atoms with Crippen LogP contribution in [-0.2, 0) is 14.9 Å². The number of carbonyl (C=O) groups is 1. The Morgan fingerprint density at radius 1 is 1.04 bits per heavy atom. The minimum Gasteiger partial charge on any atom is -0.489 e. The molecule has 2 saturated heterocycles. The molecule has 2 heterocycles. The molecule has 5 heteroatoms. The molecular weight excluding hydrogens is 346 g/mol. The van der Waals surface area contributed by atoms with Gasteiger partial charge in [-0.25, -0.2) is 0 Å². The quantitative estimate of drug-likeness (QED) is 0.869. The molecular formula is C21H23NO3S. The van der Waals surface area contributed by atoms with E-state index in [4.69, 9.17) is 9.47 Å². The Morgan fingerprint density at radius 2 is 1.73 bits per heavy atom. The minimum atomic E-state index is -0.530. The summed E-state index contributed by atoms with van der Waals surface area (Å²) < 4.78 is 11.4. The van der Waals surface area contributed by atoms with Crippen LogP contribution in [0.25, 0.3) is 0 Å². The van der Waals surface area contributed by atoms with Gasteiger partial charge in [0, 0.05) is 30.4 Å². The molecule has 2 aliphatic heterocycles. The third-order valence-corrected chi connectivity index (χ3v) is 6.34. The Bertz CT molecular complexity index is 738. The molecule has 0 radical (unpaired) electrons. The van der Waals surface area contributed by atoms with Crippen molar-refractivity contribution in [1.29, 1.82) is 0 Å². The molecule has 0 atom stereocenters. The maximum atomic E-state index is 13.2. The van der Waals surface area contributed by atoms with E-state index in [1.807, 2.05) is 66.4 Å². The van der Waals surface area contributed by atoms with Crippen molar-refractivity contribution in [3.63, 3.8) is 0 Å². The molecule has 0 aliphatic carbocycles. The predicted octanol–water partition coefficient (Wildman–Crippen LogP) is 3.87. The number of carbonyl (C=O) groups excluding carboxylic acids is 1. The third-order valence-electron chi connectivity index (χ3n) is 5.13. The normalized spacial score (nSPS) is 19.4. The van der Waals surface area contributed by atoms with Gasteiger partial charge in [0.05, 0.1) is 5.41 Å². The second-order valence-corrected chi connectivity index (χ2v) is 7.89. The van der Waals surface area contributed by atoms with Crippen molar-refractivity contribution in [3.05, 3.63) is 60.2 Å². The zero-order chi connectivity index (χ0) is 17.8. The van der Waals surface area contributed by atoms with E-state index in [-0.39, 0.29) is 5.91 Å². The SMILES string of the molecule is O=C(Nc1ccc(OC2CSC2)cc1)C1(c2ccccc2)CCOCC1. The zero-order valence-electron chi connectivity index (χ0n) is 14.6. The first-order valence-corrected chi connectivity index (χ1v) is 10.2. The molecule has 0 saturated carbocycles. The van der Waals surface area contributed by atoms with Gasteiger partial charge in [0.1, 0.15) is 11.9 Å². The lowest BCUT2D eigenvalue weighted by Gasteiger charge is -2.36. The average Bonchev–Trinajstić information content (AvgIpc) is 2.67. The maximum Gasteiger partial charge on any atom is 0.235 e. The molecule has 4 rings (SSSR count). The van der Waals surface area contributed by atoms with E-state index >= 15 is 0 Å². The summed E-state index contributed by atoms with van der Waals surface area (Å²) in [6, 6.07) is 17.7. The van der Waals surface area contributed by atoms with Crippen LogP contribution in [0.3, 0.4) is 0 Å². The Balaban J connectivity index is 1.49. The van der Waals surface area contributed by atoms with Crippen LogP contribution in [0.2, 0.25) is 0 Å². The Labute approximate surface area is 158 Å². The van der Waals surface area contributed by atoms with E-state index in [9.17, 15) is 4.79 Å². The number of anilines is 1. The van der Waals surface area contributed by atoms with Gasteiger partial charge < -0.3 is 14.8 Å². The molecule has 1 amide bonds. The Hall–Kier alpha value is -1.98. The highest BCUT2D eigenvalue weighted by molar-refractivity contribution is 8.00. The lowest BCUT2D eigenvalue weighted by molar-refractivity contribution is -0.125. The molecule has 4 nitrogen and oxygen atoms in total. The maximum absolute atomic E-state index is 13.2. The van der Waals surface area contributed by atoms with Crippen LogP contribution in [0.1, 0.15) is 18.4 Å². The molecule has 0 spiro atoms. The summed E-state index contributed by atoms with van der Waals surface area (Å²) in [5, 5.41) is 3.11. The number of rotatable bonds is 5. The number of ether oxygens (including phenoxy) is 2. The van der Waals surface area contributed by atoms with Crippen LogP contribution in [-0.4, -0.2) is 36.7 Å². The number of benzene rings is 2. The van der Waals surface area contributed by atoms with Crippen LogP contribution in [0.5, 0.6) is 5.75 Å². The minimum absolute atomic E-state index is 0.0380. The van der Waals surface area contributed by atoms with Crippen molar-refractivity contribution < 1.29 is 14.3 Å². The van der Waals surface area contributed by atoms with Crippen LogP contribution < -0.4 is 10.1 Å². The zero-order valence-corrected chi connectivity index (χ0v) is 15.5. The summed E-state index contributed by atoms with van der Waals surface area (Å²) >= 11 is 1.90. The van der Waals surface area contributed by atoms with E-state index in [1.165, 1.54) is 0 Å². The van der Waals surface area contributed by atoms with Gasteiger partial charge in [-0.2, -0.15) is 11.8 Å². The van der Waals surface area contributed by atoms with Crippen LogP contribution >= 0.6 is 11.8 Å². The van der Waals surface area contributed by atoms with Crippen molar-refractivity contribution in [3.8, 4) is 5.75 Å². The van der Waals surface area contributed by atoms with Crippen molar-refractivity contribution in [2.24, 2.45) is 0 Å². The fraction of sp³-hybridized carbons (Fsp3) is 0.381. The van der Waals surface area contributed by atoms with Gasteiger partial charge in [-0.3, -0.25) is 4.79 Å². The topological polar surface area (TPSA) is 47.6 Å². The van der Waals surface area contributed by atoms with Crippen molar-refractivity contribution >= 4 is 23.4 Å². The number of hydrogen-bond acceptors (Lipinski definition) is 4. The van der Waals surface area contributed by atoms with E-state index in [1.54, 1.807) is 0 Å². The fourth-order valence-corrected chi connectivity index (χ4v) is 4.03. The molecule has 0 bridgehead atoms. The van der Waals surface area contributed by atoms with Gasteiger partial charge in [-0.15, -0.1) is 0 Å². The van der Waals surface area contributed by atoms with Gasteiger partial charge in [0.2, 0.25) is 5.91 Å². The number of hydrogen-bond donors (Lipinski definition) is 1. The highest BCUT2D eigenvalue weighted by atomic mass is 32.2. The Kier molecular flexibility index (Phi) is 5.18. The predicted molar refractivity (Wildman–Crippen MR) is 105 cm³/mol. The van der Waals surface area contributed by atoms with Crippen LogP contribution in [0, 0.1) is 0 Å². The standard InChI is InChI=1S/C21H23NO3S/c23-20(21(10-12-24-13-11-21)16-4-2-1-3-5-16)22-17-6-8-18(9-7-17)25-19-14-26-15-19/h1-9,19H,10-15H2,(H,22,23). The summed E-state index contributed by atoms with van der Waals surface area (Å²) in [7, 11) is 0. The van der Waals surface area contributed by atoms with E-state index in [0.29, 0.717) is 32.2 Å². The molecule has 136 valence electrons. The van der Waals surface area contributed by atoms with Gasteiger partial charge in [0.15, 0.2) is 0 Å². The molecule has 0 aromatic heterocycles. The third kappa shape index (κ3) is 3.60. The van der Waals surface area contributed by atoms with Crippen LogP contribution in [0.15, 0.2) is 54.6 Å². The monoisotopic (exact) mass is 369 g/mol. The number of thioether (sulfide) groups is 1. The first-order valence-electron chi connectivity index (χ1n) is 9.05. The fourth-order valence-electron chi connectivity index (χ4n) is 3.47. The summed E-state index contributed by atoms with van der Waals surface area (Å²) in [4.78, 5) is 13.2. The number of nitrogens with one attached hydrogen (secondary N) is 1. The molecule has 2 aliphatic rings. The summed E-state index contributed by atoms with van der Waals surface area (Å²) in [6.45, 7) is 1.21. The van der Waals surface area contributed by atoms with Gasteiger partial charge >= 0.3 is 0 Å². The van der Waals surface area contributed by atoms with Crippen molar-refractivity contribution in [2.45, 2.75) is 24.4 Å². The molecule has 1 N–H and O–H groups in total. The summed E-state index contributed by atoms with van der Waals surface area (Å²) in [6.07, 6.45) is 1.72. The summed E-state index contributed by atoms with van der Waals surface area (Å²) in [5.74, 6) is 3.01. The lowest BCUT2D eigenvalue weighted by atomic mass is 9.73. The summed E-state index contributed by atoms with van der Waals surface area (Å²) in [5.41, 5.74) is 1.33. The second kappa shape index (κ2) is 7.72. The molecule has 0 unspecified atom stereocenters. The largest absolute Gasteiger partial charge is 0.489 e. The first kappa shape index (κ1) is 17.4. The first-order chi connectivity index (χ1) is 12.8. The van der Waals surface area contributed by atoms with E-state index in [2.05, 4.69) is 5.32 Å². The molecule has 2 aromatic rings. The number of amides is 1. The van der Waals surface area contributed by atoms with E-state index in [0.717, 1.165) is 28.5 Å². The molecule has 2 aromatic carbocycles. The molecule has 2 fully saturated rings. The second-order valence-electron chi connectivity index (χ2n) is 6.82. The van der Waals surface area contributed by atoms with Crippen molar-refractivity contribution in [2.75, 3.05) is 30.0 Å². The van der Waals surface area contributed by atoms with Gasteiger partial charge in [0.25, 0.3) is 0 Å². The van der Waals surface area contributed by atoms with Gasteiger partial charge in [-0.1, -0.05) is 30.3 Å². The van der Waals surface area contributed by atoms with E-state index < -0.39 is 5.41 Å². The molecule has 26 heavy (non-hydrogen) atoms. The highest BCUT2D eigenvalue weighted by Gasteiger charge is 2.41.